The summed E-state index contributed by atoms with van der Waals surface area (Å²) in [6.07, 6.45) is 0. The summed E-state index contributed by atoms with van der Waals surface area (Å²) < 4.78 is 0.0861. The van der Waals surface area contributed by atoms with Crippen LogP contribution in [0.1, 0.15) is 27.7 Å². The first-order valence-corrected chi connectivity index (χ1v) is 8.14. The Morgan fingerprint density at radius 1 is 1.10 bits per heavy atom. The highest BCUT2D eigenvalue weighted by Crippen LogP contribution is 2.28. The molecule has 0 aliphatic carbocycles. The summed E-state index contributed by atoms with van der Waals surface area (Å²) in [7, 11) is 0. The van der Waals surface area contributed by atoms with Gasteiger partial charge in [0.05, 0.1) is 11.4 Å². The zero-order chi connectivity index (χ0) is 15.2. The van der Waals surface area contributed by atoms with Crippen LogP contribution in [0, 0.1) is 0 Å². The van der Waals surface area contributed by atoms with E-state index in [0.717, 1.165) is 24.5 Å². The minimum absolute atomic E-state index is 0.0366. The van der Waals surface area contributed by atoms with Gasteiger partial charge in [-0.2, -0.15) is 12.6 Å². The number of rotatable bonds is 8. The van der Waals surface area contributed by atoms with Crippen LogP contribution in [-0.4, -0.2) is 22.6 Å². The second-order valence-corrected chi connectivity index (χ2v) is 8.99. The van der Waals surface area contributed by atoms with Crippen molar-refractivity contribution in [3.05, 3.63) is 36.3 Å². The zero-order valence-corrected chi connectivity index (χ0v) is 14.6. The number of nitrogens with one attached hydrogen (secondary N) is 2. The molecular weight excluding hydrogens is 284 g/mol. The van der Waals surface area contributed by atoms with E-state index in [1.54, 1.807) is 11.8 Å². The van der Waals surface area contributed by atoms with Gasteiger partial charge in [-0.1, -0.05) is 18.7 Å². The number of thiol groups is 1. The predicted molar refractivity (Wildman–Crippen MR) is 98.4 cm³/mol. The van der Waals surface area contributed by atoms with Crippen LogP contribution in [-0.2, 0) is 0 Å². The van der Waals surface area contributed by atoms with Crippen LogP contribution in [0.15, 0.2) is 36.3 Å². The summed E-state index contributed by atoms with van der Waals surface area (Å²) in [5, 5.41) is 8.87. The molecule has 0 amide bonds. The topological polar surface area (TPSA) is 24.1 Å². The van der Waals surface area contributed by atoms with Crippen molar-refractivity contribution in [2.75, 3.05) is 23.7 Å². The standard InChI is InChI=1S/C16H26N2S2/c1-6-20-16(4,5)12-18-14-10-8-7-9-13(14)17-11-15(2,3)19/h6-10,17-19H,1,11-12H2,2-5H3. The second-order valence-electron chi connectivity index (χ2n) is 6.11. The molecule has 0 saturated carbocycles. The molecule has 0 spiro atoms. The first-order chi connectivity index (χ1) is 9.23. The quantitative estimate of drug-likeness (QED) is 0.597. The predicted octanol–water partition coefficient (Wildman–Crippen LogP) is 4.87. The fraction of sp³-hybridized carbons (Fsp3) is 0.500. The molecule has 0 radical (unpaired) electrons. The van der Waals surface area contributed by atoms with Crippen LogP contribution in [0.25, 0.3) is 0 Å². The highest BCUT2D eigenvalue weighted by molar-refractivity contribution is 8.03. The number of hydrogen-bond acceptors (Lipinski definition) is 4. The zero-order valence-electron chi connectivity index (χ0n) is 12.9. The number of para-hydroxylation sites is 2. The molecule has 0 bridgehead atoms. The monoisotopic (exact) mass is 310 g/mol. The Hall–Kier alpha value is -0.740. The number of thioether (sulfide) groups is 1. The normalized spacial score (nSPS) is 12.1. The van der Waals surface area contributed by atoms with Crippen molar-refractivity contribution in [3.63, 3.8) is 0 Å². The molecule has 112 valence electrons. The van der Waals surface area contributed by atoms with Gasteiger partial charge in [-0.25, -0.2) is 0 Å². The molecule has 0 saturated heterocycles. The molecule has 0 unspecified atom stereocenters. The summed E-state index contributed by atoms with van der Waals surface area (Å²) in [6, 6.07) is 8.29. The first kappa shape index (κ1) is 17.3. The van der Waals surface area contributed by atoms with Crippen LogP contribution >= 0.6 is 24.4 Å². The van der Waals surface area contributed by atoms with Gasteiger partial charge in [0.2, 0.25) is 0 Å². The summed E-state index contributed by atoms with van der Waals surface area (Å²) in [5.74, 6) is 0. The van der Waals surface area contributed by atoms with Gasteiger partial charge < -0.3 is 10.6 Å². The van der Waals surface area contributed by atoms with E-state index < -0.39 is 0 Å². The SMILES string of the molecule is C=CSC(C)(C)CNc1ccccc1NCC(C)(C)S. The molecule has 0 aliphatic heterocycles. The molecule has 0 aliphatic rings. The average molecular weight is 311 g/mol. The van der Waals surface area contributed by atoms with Gasteiger partial charge in [0.1, 0.15) is 0 Å². The van der Waals surface area contributed by atoms with E-state index in [1.165, 1.54) is 0 Å². The van der Waals surface area contributed by atoms with Crippen LogP contribution < -0.4 is 10.6 Å². The maximum Gasteiger partial charge on any atom is 0.0576 e. The van der Waals surface area contributed by atoms with E-state index in [4.69, 9.17) is 0 Å². The highest BCUT2D eigenvalue weighted by Gasteiger charge is 2.17. The molecule has 1 aromatic rings. The van der Waals surface area contributed by atoms with Gasteiger partial charge in [-0.05, 0) is 45.2 Å². The van der Waals surface area contributed by atoms with E-state index >= 15 is 0 Å². The summed E-state index contributed by atoms with van der Waals surface area (Å²) in [6.45, 7) is 14.1. The van der Waals surface area contributed by atoms with Gasteiger partial charge in [0.25, 0.3) is 0 Å². The lowest BCUT2D eigenvalue weighted by Crippen LogP contribution is -2.27. The molecule has 20 heavy (non-hydrogen) atoms. The Morgan fingerprint density at radius 2 is 1.60 bits per heavy atom. The molecule has 1 aromatic carbocycles. The third kappa shape index (κ3) is 6.62. The Balaban J connectivity index is 2.68. The van der Waals surface area contributed by atoms with Gasteiger partial charge in [-0.3, -0.25) is 0 Å². The molecule has 0 aromatic heterocycles. The number of anilines is 2. The summed E-state index contributed by atoms with van der Waals surface area (Å²) in [4.78, 5) is 0. The van der Waals surface area contributed by atoms with Crippen molar-refractivity contribution < 1.29 is 0 Å². The van der Waals surface area contributed by atoms with E-state index in [-0.39, 0.29) is 9.49 Å². The molecular formula is C16H26N2S2. The Labute approximate surface area is 133 Å². The molecule has 2 N–H and O–H groups in total. The van der Waals surface area contributed by atoms with Crippen molar-refractivity contribution >= 4 is 35.8 Å². The molecule has 4 heteroatoms. The second kappa shape index (κ2) is 7.32. The van der Waals surface area contributed by atoms with E-state index in [9.17, 15) is 0 Å². The first-order valence-electron chi connectivity index (χ1n) is 6.81. The Morgan fingerprint density at radius 3 is 2.05 bits per heavy atom. The Kier molecular flexibility index (Phi) is 6.34. The lowest BCUT2D eigenvalue weighted by atomic mass is 10.1. The highest BCUT2D eigenvalue weighted by atomic mass is 32.2. The van der Waals surface area contributed by atoms with Crippen LogP contribution in [0.4, 0.5) is 11.4 Å². The lowest BCUT2D eigenvalue weighted by Gasteiger charge is -2.25. The minimum atomic E-state index is -0.0366. The maximum absolute atomic E-state index is 4.55. The van der Waals surface area contributed by atoms with E-state index in [0.29, 0.717) is 0 Å². The average Bonchev–Trinajstić information content (AvgIpc) is 2.34. The van der Waals surface area contributed by atoms with Crippen molar-refractivity contribution in [1.82, 2.24) is 0 Å². The van der Waals surface area contributed by atoms with Gasteiger partial charge in [0.15, 0.2) is 0 Å². The van der Waals surface area contributed by atoms with Gasteiger partial charge in [-0.15, -0.1) is 11.8 Å². The van der Waals surface area contributed by atoms with E-state index in [1.807, 2.05) is 17.5 Å². The minimum Gasteiger partial charge on any atom is -0.382 e. The number of benzene rings is 1. The van der Waals surface area contributed by atoms with Crippen molar-refractivity contribution in [2.45, 2.75) is 37.2 Å². The van der Waals surface area contributed by atoms with Crippen molar-refractivity contribution in [1.29, 1.82) is 0 Å². The van der Waals surface area contributed by atoms with Gasteiger partial charge in [0, 0.05) is 22.6 Å². The lowest BCUT2D eigenvalue weighted by molar-refractivity contribution is 0.750. The number of hydrogen-bond donors (Lipinski definition) is 3. The van der Waals surface area contributed by atoms with Crippen LogP contribution in [0.5, 0.6) is 0 Å². The maximum atomic E-state index is 4.55. The smallest absolute Gasteiger partial charge is 0.0576 e. The molecule has 0 fully saturated rings. The third-order valence-corrected chi connectivity index (χ3v) is 3.85. The van der Waals surface area contributed by atoms with Crippen LogP contribution in [0.2, 0.25) is 0 Å². The third-order valence-electron chi connectivity index (χ3n) is 2.75. The fourth-order valence-electron chi connectivity index (χ4n) is 1.68. The van der Waals surface area contributed by atoms with Gasteiger partial charge >= 0.3 is 0 Å². The molecule has 0 heterocycles. The largest absolute Gasteiger partial charge is 0.382 e. The van der Waals surface area contributed by atoms with Crippen molar-refractivity contribution in [3.8, 4) is 0 Å². The Bertz CT molecular complexity index is 436. The molecule has 2 nitrogen and oxygen atoms in total. The van der Waals surface area contributed by atoms with E-state index in [2.05, 4.69) is 69.7 Å². The molecule has 0 atom stereocenters. The van der Waals surface area contributed by atoms with Crippen LogP contribution in [0.3, 0.4) is 0 Å². The fourth-order valence-corrected chi connectivity index (χ4v) is 2.36. The molecule has 1 rings (SSSR count). The summed E-state index contributed by atoms with van der Waals surface area (Å²) in [5.41, 5.74) is 2.25. The van der Waals surface area contributed by atoms with Crippen molar-refractivity contribution in [2.24, 2.45) is 0 Å². The summed E-state index contributed by atoms with van der Waals surface area (Å²) >= 11 is 6.29.